The van der Waals surface area contributed by atoms with Gasteiger partial charge in [-0.05, 0) is 0 Å². The molecule has 0 aliphatic heterocycles. The van der Waals surface area contributed by atoms with E-state index in [-0.39, 0.29) is 0 Å². The van der Waals surface area contributed by atoms with Crippen LogP contribution in [0.4, 0.5) is 4.79 Å². The first kappa shape index (κ1) is 4.94. The molecule has 0 bridgehead atoms. The molecule has 0 aromatic carbocycles. The van der Waals surface area contributed by atoms with Gasteiger partial charge in [0.2, 0.25) is 0 Å². The van der Waals surface area contributed by atoms with Crippen LogP contribution in [0.2, 0.25) is 0 Å². The average molecular weight is 121 g/mol. The molecule has 0 aromatic rings. The van der Waals surface area contributed by atoms with E-state index < -0.39 is 19.9 Å². The van der Waals surface area contributed by atoms with E-state index in [0.717, 1.165) is 0 Å². The average Bonchev–Trinajstić information content (AvgIpc) is 1.38. The Labute approximate surface area is 34.9 Å². The second-order valence-electron chi connectivity index (χ2n) is 0.308. The molecule has 5 heavy (non-hydrogen) atoms. The van der Waals surface area contributed by atoms with E-state index in [1.807, 2.05) is 0 Å². The van der Waals surface area contributed by atoms with Crippen LogP contribution in [0.3, 0.4) is 0 Å². The summed E-state index contributed by atoms with van der Waals surface area (Å²) >= 11 is -0.562. The second-order valence-corrected chi connectivity index (χ2v) is 0.986. The van der Waals surface area contributed by atoms with E-state index in [9.17, 15) is 0 Å². The summed E-state index contributed by atoms with van der Waals surface area (Å²) in [5.74, 6) is 0. The van der Waals surface area contributed by atoms with Crippen LogP contribution in [0.25, 0.3) is 0 Å². The quantitative estimate of drug-likeness (QED) is 0.498. The van der Waals surface area contributed by atoms with Crippen LogP contribution in [-0.2, 0) is 15.0 Å². The summed E-state index contributed by atoms with van der Waals surface area (Å²) in [4.78, 5) is 7.88. The molecule has 0 aliphatic rings. The Morgan fingerprint density at radius 1 is 1.80 bits per heavy atom. The van der Waals surface area contributed by atoms with Crippen molar-refractivity contribution >= 4 is 4.90 Å². The van der Waals surface area contributed by atoms with E-state index in [1.54, 1.807) is 0 Å². The van der Waals surface area contributed by atoms with E-state index in [2.05, 4.69) is 0 Å². The molecule has 0 saturated carbocycles. The minimum absolute atomic E-state index is 0.562. The van der Waals surface area contributed by atoms with Crippen molar-refractivity contribution in [1.29, 1.82) is 0 Å². The fourth-order valence-electron chi connectivity index (χ4n) is 0. The zero-order chi connectivity index (χ0) is 4.28. The Hall–Kier alpha value is -0.0635. The van der Waals surface area contributed by atoms with E-state index in [0.29, 0.717) is 0 Å². The molecule has 4 heteroatoms. The van der Waals surface area contributed by atoms with Crippen LogP contribution < -0.4 is 0 Å². The maximum absolute atomic E-state index is 9.10. The molecule has 0 spiro atoms. The molecule has 33 valence electrons. The molecule has 0 heterocycles. The molecule has 0 radical (unpaired) electrons. The van der Waals surface area contributed by atoms with Gasteiger partial charge in [-0.3, -0.25) is 0 Å². The Kier molecular flexibility index (Phi) is 2.16. The predicted molar refractivity (Wildman–Crippen MR) is 10.2 cm³/mol. The summed E-state index contributed by atoms with van der Waals surface area (Å²) in [6.07, 6.45) is 0. The van der Waals surface area contributed by atoms with Crippen LogP contribution in [0.1, 0.15) is 0 Å². The third-order valence-corrected chi connectivity index (χ3v) is 0.263. The van der Waals surface area contributed by atoms with Gasteiger partial charge in [0.15, 0.2) is 0 Å². The fraction of sp³-hybridized carbons (Fsp3) is 0. The van der Waals surface area contributed by atoms with Crippen LogP contribution >= 0.6 is 0 Å². The summed E-state index contributed by atoms with van der Waals surface area (Å²) in [6, 6.07) is 0. The van der Waals surface area contributed by atoms with Crippen LogP contribution in [-0.4, -0.2) is 14.2 Å². The summed E-state index contributed by atoms with van der Waals surface area (Å²) in [5, 5.41) is 7.46. The second kappa shape index (κ2) is 2.19. The normalized spacial score (nSPS) is 8.20. The van der Waals surface area contributed by atoms with Gasteiger partial charge in [0.05, 0.1) is 0 Å². The molecule has 0 aliphatic carbocycles. The summed E-state index contributed by atoms with van der Waals surface area (Å²) in [7, 11) is 0. The molecular weight excluding hydrogens is 119 g/mol. The first-order valence-electron chi connectivity index (χ1n) is 0.743. The van der Waals surface area contributed by atoms with E-state index in [1.165, 1.54) is 0 Å². The van der Waals surface area contributed by atoms with E-state index >= 15 is 0 Å². The zero-order valence-corrected chi connectivity index (χ0v) is 3.18. The van der Waals surface area contributed by atoms with Crippen molar-refractivity contribution in [3.63, 3.8) is 0 Å². The van der Waals surface area contributed by atoms with Crippen molar-refractivity contribution < 1.29 is 29.1 Å². The van der Waals surface area contributed by atoms with Crippen molar-refractivity contribution in [2.75, 3.05) is 0 Å². The first-order valence-corrected chi connectivity index (χ1v) is 1.73. The third-order valence-electron chi connectivity index (χ3n) is 0.0638. The molecular formula is CH2CoO3. The molecule has 0 saturated heterocycles. The Morgan fingerprint density at radius 2 is 2.00 bits per heavy atom. The maximum atomic E-state index is 9.10. The van der Waals surface area contributed by atoms with Gasteiger partial charge < -0.3 is 0 Å². The number of carboxylic acid groups (broad SMARTS) is 1. The Balaban J connectivity index is 2.85. The molecule has 0 unspecified atom stereocenters. The van der Waals surface area contributed by atoms with Crippen molar-refractivity contribution in [1.82, 2.24) is 0 Å². The van der Waals surface area contributed by atoms with Crippen molar-refractivity contribution in [3.8, 4) is 0 Å². The van der Waals surface area contributed by atoms with Gasteiger partial charge in [0, 0.05) is 0 Å². The van der Waals surface area contributed by atoms with Gasteiger partial charge in [-0.15, -0.1) is 0 Å². The predicted octanol–water partition coefficient (Wildman–Crippen LogP) is -0.346. The molecule has 0 aromatic heterocycles. The Morgan fingerprint density at radius 3 is 2.00 bits per heavy atom. The van der Waals surface area contributed by atoms with Gasteiger partial charge in [0.1, 0.15) is 0 Å². The topological polar surface area (TPSA) is 57.5 Å². The van der Waals surface area contributed by atoms with Gasteiger partial charge in [-0.1, -0.05) is 0 Å². The zero-order valence-electron chi connectivity index (χ0n) is 2.14. The minimum atomic E-state index is -1.22. The standard InChI is InChI=1S/CHO2.Co.H2O/c2-1-3;;/h(H,2,3);;1H2/q;+1;/p-1. The monoisotopic (exact) mass is 121 g/mol. The SMILES string of the molecule is O=[C](O)[Co][OH]. The molecule has 0 rings (SSSR count). The number of carbonyl (C=O) groups is 1. The van der Waals surface area contributed by atoms with Gasteiger partial charge in [-0.25, -0.2) is 0 Å². The molecule has 0 atom stereocenters. The van der Waals surface area contributed by atoms with Crippen molar-refractivity contribution in [3.05, 3.63) is 0 Å². The number of hydrogen-bond donors (Lipinski definition) is 2. The molecule has 0 fully saturated rings. The van der Waals surface area contributed by atoms with Gasteiger partial charge >= 0.3 is 34.0 Å². The fourth-order valence-corrected chi connectivity index (χ4v) is 0. The van der Waals surface area contributed by atoms with E-state index in [4.69, 9.17) is 14.1 Å². The first-order chi connectivity index (χ1) is 2.27. The molecule has 2 N–H and O–H groups in total. The summed E-state index contributed by atoms with van der Waals surface area (Å²) in [5.41, 5.74) is 0. The van der Waals surface area contributed by atoms with Crippen molar-refractivity contribution in [2.24, 2.45) is 0 Å². The third kappa shape index (κ3) is 3.94. The van der Waals surface area contributed by atoms with Gasteiger partial charge in [0.25, 0.3) is 0 Å². The number of hydrogen-bond acceptors (Lipinski definition) is 2. The number of rotatable bonds is 1. The summed E-state index contributed by atoms with van der Waals surface area (Å²) in [6.45, 7) is 0. The molecule has 3 nitrogen and oxygen atoms in total. The van der Waals surface area contributed by atoms with Gasteiger partial charge in [-0.2, -0.15) is 0 Å². The van der Waals surface area contributed by atoms with Crippen molar-refractivity contribution in [2.45, 2.75) is 0 Å². The van der Waals surface area contributed by atoms with Crippen LogP contribution in [0.5, 0.6) is 0 Å². The summed E-state index contributed by atoms with van der Waals surface area (Å²) < 4.78 is 7.51. The van der Waals surface area contributed by atoms with Crippen LogP contribution in [0, 0.1) is 0 Å². The Bertz CT molecular complexity index is 42.2. The molecule has 0 amide bonds. The van der Waals surface area contributed by atoms with Crippen LogP contribution in [0.15, 0.2) is 0 Å².